The molecular weight excluding hydrogens is 308 g/mol. The third kappa shape index (κ3) is 8.49. The molecule has 7 heteroatoms. The van der Waals surface area contributed by atoms with E-state index in [-0.39, 0.29) is 31.3 Å². The number of carboxylic acids is 1. The molecule has 0 atom stereocenters. The lowest BCUT2D eigenvalue weighted by Crippen LogP contribution is -2.35. The van der Waals surface area contributed by atoms with Gasteiger partial charge in [-0.1, -0.05) is 12.1 Å². The minimum absolute atomic E-state index is 0. The highest BCUT2D eigenvalue weighted by Gasteiger charge is 2.08. The van der Waals surface area contributed by atoms with Crippen molar-refractivity contribution < 1.29 is 19.4 Å². The van der Waals surface area contributed by atoms with E-state index >= 15 is 0 Å². The molecule has 0 saturated carbocycles. The summed E-state index contributed by atoms with van der Waals surface area (Å²) in [4.78, 5) is 23.9. The van der Waals surface area contributed by atoms with Gasteiger partial charge in [-0.25, -0.2) is 0 Å². The summed E-state index contributed by atoms with van der Waals surface area (Å²) in [6, 6.07) is 7.55. The zero-order valence-corrected chi connectivity index (χ0v) is 13.7. The van der Waals surface area contributed by atoms with Crippen molar-refractivity contribution in [1.29, 1.82) is 0 Å². The zero-order valence-electron chi connectivity index (χ0n) is 12.9. The zero-order chi connectivity index (χ0) is 15.7. The molecule has 6 nitrogen and oxygen atoms in total. The molecule has 0 radical (unpaired) electrons. The van der Waals surface area contributed by atoms with E-state index in [1.807, 2.05) is 31.2 Å². The first-order valence-corrected chi connectivity index (χ1v) is 6.90. The summed E-state index contributed by atoms with van der Waals surface area (Å²) in [7, 11) is 1.72. The van der Waals surface area contributed by atoms with Crippen molar-refractivity contribution in [2.75, 3.05) is 26.7 Å². The van der Waals surface area contributed by atoms with Gasteiger partial charge in [-0.15, -0.1) is 12.4 Å². The molecule has 1 rings (SSSR count). The maximum absolute atomic E-state index is 11.8. The first kappa shape index (κ1) is 20.2. The Morgan fingerprint density at radius 1 is 1.36 bits per heavy atom. The SMILES string of the molecule is CCOc1cccc(CNC(=O)CN(C)CCC(=O)O)c1.Cl. The molecule has 0 saturated heterocycles. The number of carbonyl (C=O) groups is 2. The number of hydrogen-bond acceptors (Lipinski definition) is 4. The normalized spacial score (nSPS) is 9.95. The predicted molar refractivity (Wildman–Crippen MR) is 86.5 cm³/mol. The van der Waals surface area contributed by atoms with Crippen LogP contribution in [-0.2, 0) is 16.1 Å². The number of benzene rings is 1. The van der Waals surface area contributed by atoms with Crippen LogP contribution in [-0.4, -0.2) is 48.6 Å². The van der Waals surface area contributed by atoms with Crippen molar-refractivity contribution in [2.45, 2.75) is 19.9 Å². The quantitative estimate of drug-likeness (QED) is 0.718. The van der Waals surface area contributed by atoms with Gasteiger partial charge >= 0.3 is 5.97 Å². The van der Waals surface area contributed by atoms with Crippen LogP contribution in [0.4, 0.5) is 0 Å². The fraction of sp³-hybridized carbons (Fsp3) is 0.467. The molecule has 0 aromatic heterocycles. The monoisotopic (exact) mass is 330 g/mol. The molecule has 2 N–H and O–H groups in total. The minimum atomic E-state index is -0.866. The number of amides is 1. The molecule has 1 aromatic rings. The number of rotatable bonds is 9. The van der Waals surface area contributed by atoms with E-state index in [4.69, 9.17) is 9.84 Å². The molecule has 124 valence electrons. The molecule has 22 heavy (non-hydrogen) atoms. The van der Waals surface area contributed by atoms with Gasteiger partial charge in [-0.05, 0) is 31.7 Å². The fourth-order valence-electron chi connectivity index (χ4n) is 1.78. The molecule has 0 spiro atoms. The Hall–Kier alpha value is -1.79. The van der Waals surface area contributed by atoms with Gasteiger partial charge in [0.05, 0.1) is 19.6 Å². The summed E-state index contributed by atoms with van der Waals surface area (Å²) in [5, 5.41) is 11.4. The Morgan fingerprint density at radius 2 is 2.09 bits per heavy atom. The van der Waals surface area contributed by atoms with Gasteiger partial charge in [-0.2, -0.15) is 0 Å². The molecule has 1 amide bonds. The lowest BCUT2D eigenvalue weighted by atomic mass is 10.2. The highest BCUT2D eigenvalue weighted by molar-refractivity contribution is 5.85. The van der Waals surface area contributed by atoms with Gasteiger partial charge in [-0.3, -0.25) is 14.5 Å². The van der Waals surface area contributed by atoms with Gasteiger partial charge in [0, 0.05) is 13.1 Å². The second kappa shape index (κ2) is 10.9. The number of ether oxygens (including phenoxy) is 1. The van der Waals surface area contributed by atoms with Crippen molar-refractivity contribution in [2.24, 2.45) is 0 Å². The van der Waals surface area contributed by atoms with Crippen LogP contribution >= 0.6 is 12.4 Å². The first-order chi connectivity index (χ1) is 10.0. The Labute approximate surface area is 136 Å². The Morgan fingerprint density at radius 3 is 2.73 bits per heavy atom. The number of carboxylic acid groups (broad SMARTS) is 1. The third-order valence-electron chi connectivity index (χ3n) is 2.82. The number of nitrogens with zero attached hydrogens (tertiary/aromatic N) is 1. The molecule has 1 aromatic carbocycles. The summed E-state index contributed by atoms with van der Waals surface area (Å²) in [5.41, 5.74) is 0.961. The van der Waals surface area contributed by atoms with Gasteiger partial charge in [0.2, 0.25) is 5.91 Å². The molecule has 0 unspecified atom stereocenters. The smallest absolute Gasteiger partial charge is 0.304 e. The van der Waals surface area contributed by atoms with Crippen LogP contribution in [0, 0.1) is 0 Å². The van der Waals surface area contributed by atoms with E-state index < -0.39 is 5.97 Å². The Bertz CT molecular complexity index is 482. The second-order valence-electron chi connectivity index (χ2n) is 4.74. The summed E-state index contributed by atoms with van der Waals surface area (Å²) < 4.78 is 5.40. The van der Waals surface area contributed by atoms with Gasteiger partial charge in [0.1, 0.15) is 5.75 Å². The minimum Gasteiger partial charge on any atom is -0.494 e. The van der Waals surface area contributed by atoms with Crippen LogP contribution in [0.5, 0.6) is 5.75 Å². The molecule has 0 bridgehead atoms. The third-order valence-corrected chi connectivity index (χ3v) is 2.82. The molecule has 0 aliphatic heterocycles. The maximum Gasteiger partial charge on any atom is 0.304 e. The number of halogens is 1. The van der Waals surface area contributed by atoms with E-state index in [0.717, 1.165) is 11.3 Å². The summed E-state index contributed by atoms with van der Waals surface area (Å²) >= 11 is 0. The number of aliphatic carboxylic acids is 1. The highest BCUT2D eigenvalue weighted by Crippen LogP contribution is 2.12. The summed E-state index contributed by atoms with van der Waals surface area (Å²) in [6.07, 6.45) is 0.0280. The number of hydrogen-bond donors (Lipinski definition) is 2. The predicted octanol–water partition coefficient (Wildman–Crippen LogP) is 1.53. The van der Waals surface area contributed by atoms with Crippen molar-refractivity contribution in [3.8, 4) is 5.75 Å². The van der Waals surface area contributed by atoms with Gasteiger partial charge in [0.25, 0.3) is 0 Å². The highest BCUT2D eigenvalue weighted by atomic mass is 35.5. The van der Waals surface area contributed by atoms with Crippen molar-refractivity contribution in [3.63, 3.8) is 0 Å². The Balaban J connectivity index is 0.00000441. The van der Waals surface area contributed by atoms with Gasteiger partial charge < -0.3 is 15.2 Å². The van der Waals surface area contributed by atoms with E-state index in [9.17, 15) is 9.59 Å². The molecular formula is C15H23ClN2O4. The average molecular weight is 331 g/mol. The van der Waals surface area contributed by atoms with Crippen LogP contribution in [0.1, 0.15) is 18.9 Å². The van der Waals surface area contributed by atoms with Gasteiger partial charge in [0.15, 0.2) is 0 Å². The standard InChI is InChI=1S/C15H22N2O4.ClH/c1-3-21-13-6-4-5-12(9-13)10-16-14(18)11-17(2)8-7-15(19)20;/h4-6,9H,3,7-8,10-11H2,1-2H3,(H,16,18)(H,19,20);1H. The van der Waals surface area contributed by atoms with E-state index in [2.05, 4.69) is 5.32 Å². The van der Waals surface area contributed by atoms with Crippen LogP contribution in [0.2, 0.25) is 0 Å². The van der Waals surface area contributed by atoms with E-state index in [0.29, 0.717) is 19.7 Å². The summed E-state index contributed by atoms with van der Waals surface area (Å²) in [6.45, 7) is 3.47. The van der Waals surface area contributed by atoms with Crippen molar-refractivity contribution >= 4 is 24.3 Å². The second-order valence-corrected chi connectivity index (χ2v) is 4.74. The molecule has 0 aliphatic carbocycles. The fourth-order valence-corrected chi connectivity index (χ4v) is 1.78. The van der Waals surface area contributed by atoms with Crippen LogP contribution in [0.3, 0.4) is 0 Å². The van der Waals surface area contributed by atoms with Crippen molar-refractivity contribution in [1.82, 2.24) is 10.2 Å². The molecule has 0 aliphatic rings. The Kier molecular flexibility index (Phi) is 9.98. The van der Waals surface area contributed by atoms with E-state index in [1.54, 1.807) is 11.9 Å². The number of carbonyl (C=O) groups excluding carboxylic acids is 1. The van der Waals surface area contributed by atoms with Crippen LogP contribution in [0.25, 0.3) is 0 Å². The molecule has 0 fully saturated rings. The summed E-state index contributed by atoms with van der Waals surface area (Å²) in [5.74, 6) is -0.220. The lowest BCUT2D eigenvalue weighted by molar-refractivity contribution is -0.137. The molecule has 0 heterocycles. The topological polar surface area (TPSA) is 78.9 Å². The van der Waals surface area contributed by atoms with Crippen molar-refractivity contribution in [3.05, 3.63) is 29.8 Å². The largest absolute Gasteiger partial charge is 0.494 e. The average Bonchev–Trinajstić information content (AvgIpc) is 2.44. The maximum atomic E-state index is 11.8. The number of nitrogens with one attached hydrogen (secondary N) is 1. The first-order valence-electron chi connectivity index (χ1n) is 6.90. The van der Waals surface area contributed by atoms with Crippen LogP contribution < -0.4 is 10.1 Å². The van der Waals surface area contributed by atoms with Crippen LogP contribution in [0.15, 0.2) is 24.3 Å². The lowest BCUT2D eigenvalue weighted by Gasteiger charge is -2.15. The number of likely N-dealkylation sites (N-methyl/N-ethyl adjacent to an activating group) is 1. The van der Waals surface area contributed by atoms with E-state index in [1.165, 1.54) is 0 Å².